The summed E-state index contributed by atoms with van der Waals surface area (Å²) >= 11 is 0. The first-order valence-corrected chi connectivity index (χ1v) is 4.63. The summed E-state index contributed by atoms with van der Waals surface area (Å²) in [4.78, 5) is 23.7. The summed E-state index contributed by atoms with van der Waals surface area (Å²) in [6, 6.07) is 1.57. The molecule has 1 aromatic rings. The van der Waals surface area contributed by atoms with Crippen LogP contribution in [0.2, 0.25) is 0 Å². The molecule has 88 valence electrons. The number of nitrogens with zero attached hydrogens (tertiary/aromatic N) is 3. The Labute approximate surface area is 92.8 Å². The number of aromatic nitrogens is 2. The van der Waals surface area contributed by atoms with Crippen molar-refractivity contribution in [3.05, 3.63) is 12.3 Å². The molecule has 0 aliphatic carbocycles. The minimum atomic E-state index is -0.529. The molecule has 0 bridgehead atoms. The minimum Gasteiger partial charge on any atom is -0.454 e. The lowest BCUT2D eigenvalue weighted by Gasteiger charge is -2.10. The fourth-order valence-corrected chi connectivity index (χ4v) is 0.915. The zero-order valence-electron chi connectivity index (χ0n) is 9.21. The molecule has 0 aliphatic rings. The van der Waals surface area contributed by atoms with E-state index >= 15 is 0 Å². The molecule has 1 amide bonds. The summed E-state index contributed by atoms with van der Waals surface area (Å²) in [6.45, 7) is -0.319. The van der Waals surface area contributed by atoms with E-state index in [-0.39, 0.29) is 19.1 Å². The van der Waals surface area contributed by atoms with Crippen molar-refractivity contribution in [3.63, 3.8) is 0 Å². The molecule has 0 aliphatic heterocycles. The number of esters is 1. The van der Waals surface area contributed by atoms with Crippen LogP contribution in [0.25, 0.3) is 0 Å². The lowest BCUT2D eigenvalue weighted by atomic mass is 10.6. The van der Waals surface area contributed by atoms with E-state index in [9.17, 15) is 9.59 Å². The van der Waals surface area contributed by atoms with Gasteiger partial charge >= 0.3 is 5.97 Å². The van der Waals surface area contributed by atoms with Gasteiger partial charge in [0.15, 0.2) is 6.61 Å². The van der Waals surface area contributed by atoms with Crippen LogP contribution in [-0.4, -0.2) is 47.3 Å². The smallest absolute Gasteiger partial charge is 0.328 e. The molecule has 2 N–H and O–H groups in total. The third-order valence-electron chi connectivity index (χ3n) is 1.81. The van der Waals surface area contributed by atoms with Gasteiger partial charge in [-0.2, -0.15) is 5.10 Å². The van der Waals surface area contributed by atoms with Crippen LogP contribution in [0.3, 0.4) is 0 Å². The predicted molar refractivity (Wildman–Crippen MR) is 56.3 cm³/mol. The van der Waals surface area contributed by atoms with E-state index < -0.39 is 5.97 Å². The number of rotatable bonds is 4. The molecule has 0 radical (unpaired) electrons. The second-order valence-electron chi connectivity index (χ2n) is 3.39. The van der Waals surface area contributed by atoms with Gasteiger partial charge in [-0.25, -0.2) is 0 Å². The number of hydrogen-bond acceptors (Lipinski definition) is 5. The maximum atomic E-state index is 11.3. The number of nitrogens with two attached hydrogens (primary N) is 1. The van der Waals surface area contributed by atoms with Gasteiger partial charge in [0.05, 0.1) is 0 Å². The third-order valence-corrected chi connectivity index (χ3v) is 1.81. The number of hydrogen-bond donors (Lipinski definition) is 1. The Morgan fingerprint density at radius 1 is 1.56 bits per heavy atom. The first-order chi connectivity index (χ1) is 7.49. The zero-order valence-corrected chi connectivity index (χ0v) is 9.21. The normalized spacial score (nSPS) is 9.88. The first-order valence-electron chi connectivity index (χ1n) is 4.63. The van der Waals surface area contributed by atoms with Crippen LogP contribution in [0.15, 0.2) is 12.3 Å². The average Bonchev–Trinajstić information content (AvgIpc) is 2.60. The van der Waals surface area contributed by atoms with Gasteiger partial charge in [-0.3, -0.25) is 14.3 Å². The van der Waals surface area contributed by atoms with Crippen molar-refractivity contribution in [2.24, 2.45) is 0 Å². The van der Waals surface area contributed by atoms with Gasteiger partial charge in [-0.1, -0.05) is 0 Å². The molecule has 0 aromatic carbocycles. The maximum absolute atomic E-state index is 11.3. The Kier molecular flexibility index (Phi) is 3.87. The van der Waals surface area contributed by atoms with Crippen LogP contribution >= 0.6 is 0 Å². The molecule has 0 unspecified atom stereocenters. The van der Waals surface area contributed by atoms with Crippen molar-refractivity contribution in [3.8, 4) is 0 Å². The third kappa shape index (κ3) is 3.60. The SMILES string of the molecule is CN(C)C(=O)COC(=O)Cn1ccc(N)n1. The molecule has 16 heavy (non-hydrogen) atoms. The molecule has 0 atom stereocenters. The second-order valence-corrected chi connectivity index (χ2v) is 3.39. The number of anilines is 1. The Hall–Kier alpha value is -2.05. The molecular weight excluding hydrogens is 212 g/mol. The summed E-state index contributed by atoms with van der Waals surface area (Å²) in [5.41, 5.74) is 5.37. The topological polar surface area (TPSA) is 90.5 Å². The van der Waals surface area contributed by atoms with E-state index in [2.05, 4.69) is 5.10 Å². The molecule has 1 rings (SSSR count). The van der Waals surface area contributed by atoms with E-state index in [1.54, 1.807) is 26.4 Å². The average molecular weight is 226 g/mol. The van der Waals surface area contributed by atoms with Crippen molar-refractivity contribution >= 4 is 17.7 Å². The standard InChI is InChI=1S/C9H14N4O3/c1-12(2)8(14)6-16-9(15)5-13-4-3-7(10)11-13/h3-4H,5-6H2,1-2H3,(H2,10,11). The maximum Gasteiger partial charge on any atom is 0.328 e. The van der Waals surface area contributed by atoms with Gasteiger partial charge in [0.25, 0.3) is 5.91 Å². The Morgan fingerprint density at radius 2 is 2.25 bits per heavy atom. The summed E-state index contributed by atoms with van der Waals surface area (Å²) in [6.07, 6.45) is 1.56. The van der Waals surface area contributed by atoms with Crippen LogP contribution in [-0.2, 0) is 20.9 Å². The molecule has 0 saturated carbocycles. The molecule has 1 aromatic heterocycles. The van der Waals surface area contributed by atoms with Crippen LogP contribution in [0.5, 0.6) is 0 Å². The fraction of sp³-hybridized carbons (Fsp3) is 0.444. The fourth-order valence-electron chi connectivity index (χ4n) is 0.915. The van der Waals surface area contributed by atoms with E-state index in [1.165, 1.54) is 9.58 Å². The van der Waals surface area contributed by atoms with Gasteiger partial charge in [0, 0.05) is 20.3 Å². The number of nitrogen functional groups attached to an aromatic ring is 1. The Balaban J connectivity index is 2.34. The Morgan fingerprint density at radius 3 is 2.75 bits per heavy atom. The van der Waals surface area contributed by atoms with Crippen LogP contribution in [0, 0.1) is 0 Å². The summed E-state index contributed by atoms with van der Waals surface area (Å²) < 4.78 is 6.09. The quantitative estimate of drug-likeness (QED) is 0.672. The van der Waals surface area contributed by atoms with Gasteiger partial charge < -0.3 is 15.4 Å². The zero-order chi connectivity index (χ0) is 12.1. The largest absolute Gasteiger partial charge is 0.454 e. The first kappa shape index (κ1) is 12.0. The summed E-state index contributed by atoms with van der Waals surface area (Å²) in [5.74, 6) is -0.469. The molecule has 0 spiro atoms. The molecule has 1 heterocycles. The van der Waals surface area contributed by atoms with E-state index in [0.29, 0.717) is 5.82 Å². The highest BCUT2D eigenvalue weighted by Crippen LogP contribution is 1.96. The van der Waals surface area contributed by atoms with Gasteiger partial charge in [0.2, 0.25) is 0 Å². The van der Waals surface area contributed by atoms with Crippen LogP contribution in [0.4, 0.5) is 5.82 Å². The van der Waals surface area contributed by atoms with Gasteiger partial charge in [0.1, 0.15) is 12.4 Å². The molecular formula is C9H14N4O3. The number of carbonyl (C=O) groups is 2. The molecule has 7 nitrogen and oxygen atoms in total. The Bertz CT molecular complexity index is 386. The second kappa shape index (κ2) is 5.15. The van der Waals surface area contributed by atoms with E-state index in [1.807, 2.05) is 0 Å². The van der Waals surface area contributed by atoms with Crippen molar-refractivity contribution < 1.29 is 14.3 Å². The van der Waals surface area contributed by atoms with Crippen molar-refractivity contribution in [1.82, 2.24) is 14.7 Å². The summed E-state index contributed by atoms with van der Waals surface area (Å²) in [5, 5.41) is 3.81. The highest BCUT2D eigenvalue weighted by Gasteiger charge is 2.09. The number of ether oxygens (including phenoxy) is 1. The van der Waals surface area contributed by atoms with Gasteiger partial charge in [-0.05, 0) is 6.07 Å². The van der Waals surface area contributed by atoms with E-state index in [4.69, 9.17) is 10.5 Å². The van der Waals surface area contributed by atoms with Crippen LogP contribution < -0.4 is 5.73 Å². The highest BCUT2D eigenvalue weighted by molar-refractivity contribution is 5.80. The molecule has 0 saturated heterocycles. The lowest BCUT2D eigenvalue weighted by Crippen LogP contribution is -2.28. The summed E-state index contributed by atoms with van der Waals surface area (Å²) in [7, 11) is 3.18. The highest BCUT2D eigenvalue weighted by atomic mass is 16.5. The predicted octanol–water partition coefficient (Wildman–Crippen LogP) is -0.903. The number of likely N-dealkylation sites (N-methyl/N-ethyl adjacent to an activating group) is 1. The van der Waals surface area contributed by atoms with Crippen molar-refractivity contribution in [1.29, 1.82) is 0 Å². The lowest BCUT2D eigenvalue weighted by molar-refractivity contribution is -0.151. The molecule has 7 heteroatoms. The molecule has 0 fully saturated rings. The minimum absolute atomic E-state index is 0.0576. The number of carbonyl (C=O) groups excluding carboxylic acids is 2. The van der Waals surface area contributed by atoms with E-state index in [0.717, 1.165) is 0 Å². The van der Waals surface area contributed by atoms with Crippen LogP contribution in [0.1, 0.15) is 0 Å². The van der Waals surface area contributed by atoms with Crippen molar-refractivity contribution in [2.45, 2.75) is 6.54 Å². The monoisotopic (exact) mass is 226 g/mol. The van der Waals surface area contributed by atoms with Crippen molar-refractivity contribution in [2.75, 3.05) is 26.4 Å². The van der Waals surface area contributed by atoms with Gasteiger partial charge in [-0.15, -0.1) is 0 Å². The number of amides is 1.